The number of ketones is 1. The molecule has 7 N–H and O–H groups in total. The van der Waals surface area contributed by atoms with Crippen molar-refractivity contribution in [3.8, 4) is 11.5 Å². The van der Waals surface area contributed by atoms with Gasteiger partial charge in [-0.3, -0.25) is 9.59 Å². The summed E-state index contributed by atoms with van der Waals surface area (Å²) in [5, 5.41) is 3.59. The Balaban J connectivity index is 1.45. The molecule has 8 nitrogen and oxygen atoms in total. The number of anilines is 1. The second-order valence-electron chi connectivity index (χ2n) is 10.2. The molecule has 1 aromatic heterocycles. The summed E-state index contributed by atoms with van der Waals surface area (Å²) in [6.45, 7) is 1.89. The number of aryl methyl sites for hydroxylation is 1. The van der Waals surface area contributed by atoms with Crippen molar-refractivity contribution in [1.82, 2.24) is 10.2 Å². The van der Waals surface area contributed by atoms with Crippen molar-refractivity contribution in [3.05, 3.63) is 124 Å². The standard InChI is InChI=1S/C32H29N5O3S/c1-18-16-21(40-20-9-4-3-5-10-20)11-12-22(18)32(35)23-13-14-24(33)28-25(23)26(27(34)30(32)38)29(41-28)31(39)36-19-8-6-7-15-37(2)17-19/h3-17,27H,33-35H2,1-2H3,(H,36,39). The lowest BCUT2D eigenvalue weighted by molar-refractivity contribution is -0.124. The minimum absolute atomic E-state index is 0.333. The van der Waals surface area contributed by atoms with E-state index < -0.39 is 17.4 Å². The topological polar surface area (TPSA) is 137 Å². The maximum Gasteiger partial charge on any atom is 0.266 e. The van der Waals surface area contributed by atoms with Crippen LogP contribution in [0, 0.1) is 6.92 Å². The summed E-state index contributed by atoms with van der Waals surface area (Å²) < 4.78 is 6.67. The summed E-state index contributed by atoms with van der Waals surface area (Å²) in [6.07, 6.45) is 9.14. The Morgan fingerprint density at radius 3 is 2.56 bits per heavy atom. The molecule has 0 spiro atoms. The summed E-state index contributed by atoms with van der Waals surface area (Å²) in [4.78, 5) is 29.9. The molecular weight excluding hydrogens is 534 g/mol. The molecule has 0 radical (unpaired) electrons. The molecule has 4 aromatic rings. The van der Waals surface area contributed by atoms with Gasteiger partial charge in [-0.2, -0.15) is 0 Å². The zero-order valence-electron chi connectivity index (χ0n) is 22.5. The molecule has 2 atom stereocenters. The molecule has 0 saturated carbocycles. The first kappa shape index (κ1) is 26.5. The van der Waals surface area contributed by atoms with Gasteiger partial charge in [0.1, 0.15) is 17.0 Å². The number of nitrogen functional groups attached to an aromatic ring is 1. The van der Waals surface area contributed by atoms with Crippen molar-refractivity contribution in [3.63, 3.8) is 0 Å². The van der Waals surface area contributed by atoms with E-state index in [-0.39, 0.29) is 5.91 Å². The first-order chi connectivity index (χ1) is 19.7. The first-order valence-corrected chi connectivity index (χ1v) is 13.9. The number of hydrogen-bond donors (Lipinski definition) is 4. The zero-order valence-corrected chi connectivity index (χ0v) is 23.4. The first-order valence-electron chi connectivity index (χ1n) is 13.1. The number of nitrogens with two attached hydrogens (primary N) is 3. The molecule has 1 aliphatic carbocycles. The minimum atomic E-state index is -1.55. The van der Waals surface area contributed by atoms with Gasteiger partial charge in [-0.15, -0.1) is 11.3 Å². The minimum Gasteiger partial charge on any atom is -0.457 e. The predicted octanol–water partition coefficient (Wildman–Crippen LogP) is 4.96. The number of carbonyl (C=O) groups is 2. The van der Waals surface area contributed by atoms with Crippen LogP contribution in [-0.4, -0.2) is 23.6 Å². The fraction of sp³-hybridized carbons (Fsp3) is 0.125. The van der Waals surface area contributed by atoms with Gasteiger partial charge in [-0.1, -0.05) is 36.4 Å². The number of amides is 1. The van der Waals surface area contributed by atoms with Crippen LogP contribution in [0.15, 0.2) is 97.0 Å². The van der Waals surface area contributed by atoms with Crippen molar-refractivity contribution in [1.29, 1.82) is 0 Å². The third-order valence-electron chi connectivity index (χ3n) is 7.43. The van der Waals surface area contributed by atoms with Gasteiger partial charge in [0.2, 0.25) is 0 Å². The van der Waals surface area contributed by atoms with Gasteiger partial charge in [0.25, 0.3) is 5.91 Å². The Bertz CT molecular complexity index is 1810. The van der Waals surface area contributed by atoms with Crippen LogP contribution in [0.25, 0.3) is 10.1 Å². The Hall–Kier alpha value is -4.70. The molecule has 2 heterocycles. The molecule has 0 bridgehead atoms. The van der Waals surface area contributed by atoms with Gasteiger partial charge in [-0.05, 0) is 66.1 Å². The van der Waals surface area contributed by atoms with Gasteiger partial charge in [-0.25, -0.2) is 0 Å². The Labute approximate surface area is 241 Å². The van der Waals surface area contributed by atoms with Crippen molar-refractivity contribution < 1.29 is 14.3 Å². The number of para-hydroxylation sites is 1. The quantitative estimate of drug-likeness (QED) is 0.252. The number of benzene rings is 3. The van der Waals surface area contributed by atoms with Gasteiger partial charge >= 0.3 is 0 Å². The fourth-order valence-electron chi connectivity index (χ4n) is 5.51. The molecule has 2 unspecified atom stereocenters. The van der Waals surface area contributed by atoms with Crippen molar-refractivity contribution >= 4 is 38.8 Å². The lowest BCUT2D eigenvalue weighted by Crippen LogP contribution is -2.53. The summed E-state index contributed by atoms with van der Waals surface area (Å²) in [5.41, 5.74) is 22.0. The van der Waals surface area contributed by atoms with Crippen molar-refractivity contribution in [2.75, 3.05) is 12.8 Å². The van der Waals surface area contributed by atoms with Gasteiger partial charge in [0.15, 0.2) is 5.78 Å². The fourth-order valence-corrected chi connectivity index (χ4v) is 6.70. The molecule has 9 heteroatoms. The average molecular weight is 564 g/mol. The summed E-state index contributed by atoms with van der Waals surface area (Å²) in [5.74, 6) is 0.545. The molecule has 0 fully saturated rings. The van der Waals surface area contributed by atoms with Crippen LogP contribution in [-0.2, 0) is 10.3 Å². The number of allylic oxidation sites excluding steroid dienone is 3. The molecule has 3 aromatic carbocycles. The smallest absolute Gasteiger partial charge is 0.266 e. The van der Waals surface area contributed by atoms with E-state index in [0.717, 1.165) is 5.56 Å². The summed E-state index contributed by atoms with van der Waals surface area (Å²) >= 11 is 1.22. The molecule has 2 aliphatic rings. The maximum atomic E-state index is 14.1. The van der Waals surface area contributed by atoms with Crippen LogP contribution in [0.3, 0.4) is 0 Å². The highest BCUT2D eigenvalue weighted by molar-refractivity contribution is 7.21. The molecule has 6 rings (SSSR count). The van der Waals surface area contributed by atoms with Crippen LogP contribution in [0.1, 0.15) is 38.0 Å². The number of thiophene rings is 1. The number of hydrogen-bond acceptors (Lipinski definition) is 8. The lowest BCUT2D eigenvalue weighted by Gasteiger charge is -2.37. The maximum absolute atomic E-state index is 14.1. The van der Waals surface area contributed by atoms with Crippen LogP contribution < -0.4 is 27.3 Å². The second-order valence-corrected chi connectivity index (χ2v) is 11.2. The number of nitrogens with zero attached hydrogens (tertiary/aromatic N) is 1. The Morgan fingerprint density at radius 2 is 1.80 bits per heavy atom. The number of Topliss-reactive ketones (excluding diaryl/α,β-unsaturated/α-hetero) is 1. The SMILES string of the molecule is Cc1cc(Oc2ccccc2)ccc1C1(N)C(=O)C(N)c2c(C(=O)NC3=CN(C)C=CC=C3)sc3c(N)ccc1c23. The molecule has 206 valence electrons. The molecular formula is C32H29N5O3S. The zero-order chi connectivity index (χ0) is 28.9. The van der Waals surface area contributed by atoms with Crippen LogP contribution in [0.2, 0.25) is 0 Å². The Morgan fingerprint density at radius 1 is 1.05 bits per heavy atom. The van der Waals surface area contributed by atoms with E-state index in [1.54, 1.807) is 36.5 Å². The molecule has 0 saturated heterocycles. The predicted molar refractivity (Wildman–Crippen MR) is 162 cm³/mol. The lowest BCUT2D eigenvalue weighted by atomic mass is 9.69. The molecule has 1 aliphatic heterocycles. The van der Waals surface area contributed by atoms with E-state index in [1.165, 1.54) is 11.3 Å². The third-order valence-corrected chi connectivity index (χ3v) is 8.68. The Kier molecular flexibility index (Phi) is 6.50. The van der Waals surface area contributed by atoms with E-state index in [2.05, 4.69) is 5.32 Å². The van der Waals surface area contributed by atoms with E-state index in [0.29, 0.717) is 54.5 Å². The normalized spacial score (nSPS) is 19.7. The third kappa shape index (κ3) is 4.40. The van der Waals surface area contributed by atoms with E-state index in [9.17, 15) is 9.59 Å². The second kappa shape index (κ2) is 10.0. The van der Waals surface area contributed by atoms with Crippen molar-refractivity contribution in [2.24, 2.45) is 11.5 Å². The highest BCUT2D eigenvalue weighted by atomic mass is 32.1. The van der Waals surface area contributed by atoms with Crippen LogP contribution in [0.5, 0.6) is 11.5 Å². The van der Waals surface area contributed by atoms with Crippen LogP contribution in [0.4, 0.5) is 5.69 Å². The number of ether oxygens (including phenoxy) is 1. The van der Waals surface area contributed by atoms with Crippen LogP contribution >= 0.6 is 11.3 Å². The van der Waals surface area contributed by atoms with Gasteiger partial charge in [0, 0.05) is 36.1 Å². The van der Waals surface area contributed by atoms with E-state index in [4.69, 9.17) is 21.9 Å². The van der Waals surface area contributed by atoms with E-state index >= 15 is 0 Å². The monoisotopic (exact) mass is 563 g/mol. The average Bonchev–Trinajstić information content (AvgIpc) is 3.25. The summed E-state index contributed by atoms with van der Waals surface area (Å²) in [6, 6.07) is 17.3. The van der Waals surface area contributed by atoms with Gasteiger partial charge < -0.3 is 32.2 Å². The van der Waals surface area contributed by atoms with Crippen molar-refractivity contribution in [2.45, 2.75) is 18.5 Å². The number of carbonyl (C=O) groups excluding carboxylic acids is 2. The van der Waals surface area contributed by atoms with Gasteiger partial charge in [0.05, 0.1) is 21.3 Å². The number of rotatable bonds is 5. The molecule has 41 heavy (non-hydrogen) atoms. The summed E-state index contributed by atoms with van der Waals surface area (Å²) in [7, 11) is 1.86. The molecule has 1 amide bonds. The number of nitrogens with one attached hydrogen (secondary N) is 1. The largest absolute Gasteiger partial charge is 0.457 e. The highest BCUT2D eigenvalue weighted by Crippen LogP contribution is 2.50. The highest BCUT2D eigenvalue weighted by Gasteiger charge is 2.49. The van der Waals surface area contributed by atoms with E-state index in [1.807, 2.05) is 73.6 Å².